The van der Waals surface area contributed by atoms with Crippen molar-refractivity contribution in [3.8, 4) is 0 Å². The van der Waals surface area contributed by atoms with Gasteiger partial charge in [-0.05, 0) is 53.5 Å². The second-order valence-electron chi connectivity index (χ2n) is 5.70. The standard InChI is InChI=1S/C11H23N/c1-9-7-10(2,3)12(6)11(4,5)8-9/h9H,7-8H2,1-6H3. The second-order valence-corrected chi connectivity index (χ2v) is 5.70. The predicted octanol–water partition coefficient (Wildman–Crippen LogP) is 2.91. The molecule has 1 rings (SSSR count). The minimum atomic E-state index is 0.376. The number of hydrogen-bond donors (Lipinski definition) is 0. The molecule has 0 saturated carbocycles. The Labute approximate surface area is 77.1 Å². The molecule has 0 radical (unpaired) electrons. The maximum absolute atomic E-state index is 2.53. The smallest absolute Gasteiger partial charge is 0.0158 e. The number of piperidine rings is 1. The van der Waals surface area contributed by atoms with Gasteiger partial charge in [-0.15, -0.1) is 0 Å². The van der Waals surface area contributed by atoms with Crippen LogP contribution in [0.2, 0.25) is 0 Å². The Morgan fingerprint density at radius 2 is 1.33 bits per heavy atom. The van der Waals surface area contributed by atoms with Crippen molar-refractivity contribution in [1.29, 1.82) is 0 Å². The molecule has 1 nitrogen and oxygen atoms in total. The molecule has 0 aromatic rings. The van der Waals surface area contributed by atoms with E-state index < -0.39 is 0 Å². The van der Waals surface area contributed by atoms with E-state index in [4.69, 9.17) is 0 Å². The lowest BCUT2D eigenvalue weighted by molar-refractivity contribution is -0.0255. The first-order valence-electron chi connectivity index (χ1n) is 5.00. The van der Waals surface area contributed by atoms with Crippen LogP contribution in [0.4, 0.5) is 0 Å². The number of hydrogen-bond acceptors (Lipinski definition) is 1. The van der Waals surface area contributed by atoms with Gasteiger partial charge < -0.3 is 0 Å². The van der Waals surface area contributed by atoms with Crippen LogP contribution in [-0.2, 0) is 0 Å². The zero-order chi connectivity index (χ0) is 9.57. The van der Waals surface area contributed by atoms with Crippen LogP contribution in [-0.4, -0.2) is 23.0 Å². The van der Waals surface area contributed by atoms with Gasteiger partial charge in [-0.2, -0.15) is 0 Å². The molecule has 0 aromatic heterocycles. The number of likely N-dealkylation sites (tertiary alicyclic amines) is 1. The molecule has 0 atom stereocenters. The Morgan fingerprint density at radius 3 is 1.67 bits per heavy atom. The highest BCUT2D eigenvalue weighted by Gasteiger charge is 2.41. The Balaban J connectivity index is 2.84. The van der Waals surface area contributed by atoms with Crippen molar-refractivity contribution in [3.63, 3.8) is 0 Å². The van der Waals surface area contributed by atoms with Gasteiger partial charge in [0, 0.05) is 11.1 Å². The molecule has 0 N–H and O–H groups in total. The molecular formula is C11H23N. The summed E-state index contributed by atoms with van der Waals surface area (Å²) < 4.78 is 0. The lowest BCUT2D eigenvalue weighted by Crippen LogP contribution is -2.58. The van der Waals surface area contributed by atoms with E-state index in [0.29, 0.717) is 11.1 Å². The predicted molar refractivity (Wildman–Crippen MR) is 54.3 cm³/mol. The molecule has 12 heavy (non-hydrogen) atoms. The summed E-state index contributed by atoms with van der Waals surface area (Å²) in [6.45, 7) is 11.8. The molecule has 1 aliphatic rings. The van der Waals surface area contributed by atoms with E-state index in [1.807, 2.05) is 0 Å². The van der Waals surface area contributed by atoms with Crippen LogP contribution in [0.5, 0.6) is 0 Å². The second kappa shape index (κ2) is 2.73. The molecule has 72 valence electrons. The first-order valence-corrected chi connectivity index (χ1v) is 5.00. The van der Waals surface area contributed by atoms with Crippen molar-refractivity contribution in [2.75, 3.05) is 7.05 Å². The summed E-state index contributed by atoms with van der Waals surface area (Å²) in [5.41, 5.74) is 0.752. The average molecular weight is 169 g/mol. The van der Waals surface area contributed by atoms with Crippen LogP contribution in [0.25, 0.3) is 0 Å². The Morgan fingerprint density at radius 1 is 1.00 bits per heavy atom. The van der Waals surface area contributed by atoms with Crippen molar-refractivity contribution in [1.82, 2.24) is 4.90 Å². The molecule has 0 aromatic carbocycles. The van der Waals surface area contributed by atoms with Gasteiger partial charge in [-0.25, -0.2) is 0 Å². The summed E-state index contributed by atoms with van der Waals surface area (Å²) >= 11 is 0. The summed E-state index contributed by atoms with van der Waals surface area (Å²) in [6.07, 6.45) is 2.65. The van der Waals surface area contributed by atoms with Gasteiger partial charge in [0.25, 0.3) is 0 Å². The fraction of sp³-hybridized carbons (Fsp3) is 1.00. The third-order valence-electron chi connectivity index (χ3n) is 3.51. The van der Waals surface area contributed by atoms with Gasteiger partial charge >= 0.3 is 0 Å². The molecule has 1 saturated heterocycles. The van der Waals surface area contributed by atoms with Gasteiger partial charge in [0.05, 0.1) is 0 Å². The van der Waals surface area contributed by atoms with E-state index >= 15 is 0 Å². The summed E-state index contributed by atoms with van der Waals surface area (Å²) in [5, 5.41) is 0. The highest BCUT2D eigenvalue weighted by molar-refractivity contribution is 4.96. The number of rotatable bonds is 0. The third-order valence-corrected chi connectivity index (χ3v) is 3.51. The van der Waals surface area contributed by atoms with Gasteiger partial charge in [-0.3, -0.25) is 4.90 Å². The van der Waals surface area contributed by atoms with Crippen LogP contribution in [0.15, 0.2) is 0 Å². The van der Waals surface area contributed by atoms with Crippen LogP contribution in [0.1, 0.15) is 47.5 Å². The van der Waals surface area contributed by atoms with Crippen molar-refractivity contribution < 1.29 is 0 Å². The zero-order valence-corrected chi connectivity index (χ0v) is 9.44. The first-order chi connectivity index (χ1) is 5.26. The van der Waals surface area contributed by atoms with Crippen molar-refractivity contribution in [3.05, 3.63) is 0 Å². The number of nitrogens with zero attached hydrogens (tertiary/aromatic N) is 1. The highest BCUT2D eigenvalue weighted by Crippen LogP contribution is 2.39. The van der Waals surface area contributed by atoms with Gasteiger partial charge in [-0.1, -0.05) is 6.92 Å². The Hall–Kier alpha value is -0.0400. The fourth-order valence-electron chi connectivity index (χ4n) is 2.87. The molecule has 0 amide bonds. The van der Waals surface area contributed by atoms with E-state index in [1.54, 1.807) is 0 Å². The minimum absolute atomic E-state index is 0.376. The van der Waals surface area contributed by atoms with E-state index in [0.717, 1.165) is 5.92 Å². The van der Waals surface area contributed by atoms with Crippen molar-refractivity contribution in [2.45, 2.75) is 58.5 Å². The van der Waals surface area contributed by atoms with E-state index in [1.165, 1.54) is 12.8 Å². The third kappa shape index (κ3) is 1.66. The van der Waals surface area contributed by atoms with Crippen LogP contribution in [0, 0.1) is 5.92 Å². The quantitative estimate of drug-likeness (QED) is 0.539. The molecule has 1 heterocycles. The molecule has 0 bridgehead atoms. The van der Waals surface area contributed by atoms with Crippen molar-refractivity contribution in [2.24, 2.45) is 5.92 Å². The van der Waals surface area contributed by atoms with Crippen LogP contribution < -0.4 is 0 Å². The molecule has 1 fully saturated rings. The summed E-state index contributed by atoms with van der Waals surface area (Å²) in [6, 6.07) is 0. The lowest BCUT2D eigenvalue weighted by atomic mass is 9.75. The molecular weight excluding hydrogens is 146 g/mol. The molecule has 1 aliphatic heterocycles. The normalized spacial score (nSPS) is 30.5. The van der Waals surface area contributed by atoms with Crippen LogP contribution >= 0.6 is 0 Å². The Kier molecular flexibility index (Phi) is 2.28. The summed E-state index contributed by atoms with van der Waals surface area (Å²) in [5.74, 6) is 0.867. The average Bonchev–Trinajstić information content (AvgIpc) is 1.80. The van der Waals surface area contributed by atoms with Crippen molar-refractivity contribution >= 4 is 0 Å². The fourth-order valence-corrected chi connectivity index (χ4v) is 2.87. The topological polar surface area (TPSA) is 3.24 Å². The highest BCUT2D eigenvalue weighted by atomic mass is 15.2. The maximum Gasteiger partial charge on any atom is 0.0158 e. The molecule has 1 heteroatoms. The van der Waals surface area contributed by atoms with E-state index in [2.05, 4.69) is 46.6 Å². The van der Waals surface area contributed by atoms with E-state index in [-0.39, 0.29) is 0 Å². The monoisotopic (exact) mass is 169 g/mol. The SMILES string of the molecule is CC1CC(C)(C)N(C)C(C)(C)C1. The maximum atomic E-state index is 2.53. The largest absolute Gasteiger partial charge is 0.296 e. The molecule has 0 spiro atoms. The van der Waals surface area contributed by atoms with Crippen LogP contribution in [0.3, 0.4) is 0 Å². The first kappa shape index (κ1) is 10.0. The Bertz CT molecular complexity index is 152. The van der Waals surface area contributed by atoms with Gasteiger partial charge in [0.1, 0.15) is 0 Å². The summed E-state index contributed by atoms with van der Waals surface area (Å²) in [4.78, 5) is 2.53. The molecule has 0 aliphatic carbocycles. The van der Waals surface area contributed by atoms with Gasteiger partial charge in [0.15, 0.2) is 0 Å². The molecule has 0 unspecified atom stereocenters. The van der Waals surface area contributed by atoms with E-state index in [9.17, 15) is 0 Å². The summed E-state index contributed by atoms with van der Waals surface area (Å²) in [7, 11) is 2.26. The zero-order valence-electron chi connectivity index (χ0n) is 9.44. The van der Waals surface area contributed by atoms with Gasteiger partial charge in [0.2, 0.25) is 0 Å². The lowest BCUT2D eigenvalue weighted by Gasteiger charge is -2.53. The minimum Gasteiger partial charge on any atom is -0.296 e.